The molecule has 1 aromatic rings. The van der Waals surface area contributed by atoms with Crippen LogP contribution in [0.4, 0.5) is 4.79 Å². The van der Waals surface area contributed by atoms with Crippen molar-refractivity contribution in [3.05, 3.63) is 35.9 Å². The molecule has 1 aliphatic carbocycles. The predicted molar refractivity (Wildman–Crippen MR) is 119 cm³/mol. The lowest BCUT2D eigenvalue weighted by Crippen LogP contribution is -2.73. The SMILES string of the molecule is N#CCC1(N2CCC(C[C@@H]3CC3c3ccccc3)CC2)CN(C(=O)N2CCOCC2)C1. The van der Waals surface area contributed by atoms with E-state index in [1.165, 1.54) is 31.2 Å². The summed E-state index contributed by atoms with van der Waals surface area (Å²) in [5.74, 6) is 2.44. The number of amides is 2. The zero-order chi connectivity index (χ0) is 21.3. The molecular weight excluding hydrogens is 388 g/mol. The number of nitrogens with zero attached hydrogens (tertiary/aromatic N) is 4. The van der Waals surface area contributed by atoms with Crippen LogP contribution in [0.3, 0.4) is 0 Å². The van der Waals surface area contributed by atoms with E-state index in [0.717, 1.165) is 30.8 Å². The Morgan fingerprint density at radius 3 is 2.45 bits per heavy atom. The van der Waals surface area contributed by atoms with Gasteiger partial charge in [0.15, 0.2) is 0 Å². The molecule has 1 saturated carbocycles. The number of likely N-dealkylation sites (tertiary alicyclic amines) is 2. The van der Waals surface area contributed by atoms with Crippen LogP contribution in [0, 0.1) is 23.2 Å². The van der Waals surface area contributed by atoms with E-state index in [9.17, 15) is 10.1 Å². The van der Waals surface area contributed by atoms with E-state index in [4.69, 9.17) is 4.74 Å². The maximum Gasteiger partial charge on any atom is 0.320 e. The Labute approximate surface area is 185 Å². The monoisotopic (exact) mass is 422 g/mol. The maximum atomic E-state index is 12.8. The number of rotatable bonds is 5. The van der Waals surface area contributed by atoms with Gasteiger partial charge in [-0.15, -0.1) is 0 Å². The molecule has 3 heterocycles. The Bertz CT molecular complexity index is 803. The fourth-order valence-corrected chi connectivity index (χ4v) is 6.01. The first kappa shape index (κ1) is 20.8. The number of carbonyl (C=O) groups is 1. The Morgan fingerprint density at radius 2 is 1.77 bits per heavy atom. The third-order valence-electron chi connectivity index (χ3n) is 8.00. The summed E-state index contributed by atoms with van der Waals surface area (Å²) >= 11 is 0. The van der Waals surface area contributed by atoms with Gasteiger partial charge in [0.05, 0.1) is 31.2 Å². The van der Waals surface area contributed by atoms with E-state index in [0.29, 0.717) is 45.8 Å². The summed E-state index contributed by atoms with van der Waals surface area (Å²) in [5.41, 5.74) is 1.38. The molecule has 1 aromatic carbocycles. The normalized spacial score (nSPS) is 28.6. The molecule has 0 N–H and O–H groups in total. The van der Waals surface area contributed by atoms with Gasteiger partial charge in [-0.25, -0.2) is 4.79 Å². The van der Waals surface area contributed by atoms with Gasteiger partial charge in [0.2, 0.25) is 0 Å². The van der Waals surface area contributed by atoms with Crippen LogP contribution in [0.5, 0.6) is 0 Å². The molecule has 31 heavy (non-hydrogen) atoms. The summed E-state index contributed by atoms with van der Waals surface area (Å²) in [4.78, 5) is 19.1. The topological polar surface area (TPSA) is 59.8 Å². The molecule has 166 valence electrons. The molecule has 0 aromatic heterocycles. The summed E-state index contributed by atoms with van der Waals surface area (Å²) in [5, 5.41) is 9.48. The molecule has 2 amide bonds. The van der Waals surface area contributed by atoms with Crippen LogP contribution in [-0.2, 0) is 4.74 Å². The highest BCUT2D eigenvalue weighted by atomic mass is 16.5. The second kappa shape index (κ2) is 8.80. The van der Waals surface area contributed by atoms with E-state index in [1.807, 2.05) is 9.80 Å². The number of morpholine rings is 1. The first-order valence-electron chi connectivity index (χ1n) is 12.0. The number of piperidine rings is 1. The molecule has 0 spiro atoms. The van der Waals surface area contributed by atoms with Crippen LogP contribution < -0.4 is 0 Å². The van der Waals surface area contributed by atoms with Gasteiger partial charge in [0.25, 0.3) is 0 Å². The fraction of sp³-hybridized carbons (Fsp3) is 0.680. The number of benzene rings is 1. The molecular formula is C25H34N4O2. The van der Waals surface area contributed by atoms with Crippen molar-refractivity contribution in [2.45, 2.75) is 43.6 Å². The molecule has 4 aliphatic rings. The molecule has 6 heteroatoms. The highest BCUT2D eigenvalue weighted by Gasteiger charge is 2.51. The van der Waals surface area contributed by atoms with Gasteiger partial charge in [-0.3, -0.25) is 4.90 Å². The maximum absolute atomic E-state index is 12.8. The third kappa shape index (κ3) is 4.31. The zero-order valence-corrected chi connectivity index (χ0v) is 18.4. The largest absolute Gasteiger partial charge is 0.378 e. The van der Waals surface area contributed by atoms with Gasteiger partial charge < -0.3 is 14.5 Å². The van der Waals surface area contributed by atoms with E-state index >= 15 is 0 Å². The van der Waals surface area contributed by atoms with Crippen molar-refractivity contribution in [3.63, 3.8) is 0 Å². The van der Waals surface area contributed by atoms with Crippen LogP contribution >= 0.6 is 0 Å². The van der Waals surface area contributed by atoms with Crippen LogP contribution in [0.2, 0.25) is 0 Å². The summed E-state index contributed by atoms with van der Waals surface area (Å²) in [6.07, 6.45) is 5.66. The Hall–Kier alpha value is -2.10. The van der Waals surface area contributed by atoms with Crippen LogP contribution in [0.25, 0.3) is 0 Å². The van der Waals surface area contributed by atoms with Crippen molar-refractivity contribution in [1.82, 2.24) is 14.7 Å². The minimum Gasteiger partial charge on any atom is -0.378 e. The van der Waals surface area contributed by atoms with E-state index in [1.54, 1.807) is 0 Å². The highest BCUT2D eigenvalue weighted by Crippen LogP contribution is 2.52. The second-order valence-electron chi connectivity index (χ2n) is 9.98. The van der Waals surface area contributed by atoms with E-state index in [-0.39, 0.29) is 11.6 Å². The van der Waals surface area contributed by atoms with Crippen molar-refractivity contribution in [2.75, 3.05) is 52.5 Å². The number of ether oxygens (including phenoxy) is 1. The summed E-state index contributed by atoms with van der Waals surface area (Å²) in [6, 6.07) is 13.5. The molecule has 6 nitrogen and oxygen atoms in total. The van der Waals surface area contributed by atoms with Gasteiger partial charge in [-0.05, 0) is 62.1 Å². The van der Waals surface area contributed by atoms with Crippen LogP contribution in [0.15, 0.2) is 30.3 Å². The number of hydrogen-bond donors (Lipinski definition) is 0. The molecule has 2 atom stereocenters. The van der Waals surface area contributed by atoms with Gasteiger partial charge in [0.1, 0.15) is 0 Å². The van der Waals surface area contributed by atoms with Gasteiger partial charge in [0, 0.05) is 26.2 Å². The lowest BCUT2D eigenvalue weighted by molar-refractivity contribution is -0.0567. The summed E-state index contributed by atoms with van der Waals surface area (Å²) in [6.45, 7) is 6.13. The first-order valence-corrected chi connectivity index (χ1v) is 12.0. The number of carbonyl (C=O) groups excluding carboxylic acids is 1. The minimum atomic E-state index is -0.131. The van der Waals surface area contributed by atoms with Crippen LogP contribution in [0.1, 0.15) is 43.6 Å². The molecule has 3 saturated heterocycles. The lowest BCUT2D eigenvalue weighted by Gasteiger charge is -2.57. The lowest BCUT2D eigenvalue weighted by atomic mass is 9.81. The molecule has 0 radical (unpaired) electrons. The van der Waals surface area contributed by atoms with Crippen molar-refractivity contribution >= 4 is 6.03 Å². The average molecular weight is 423 g/mol. The standard InChI is InChI=1S/C25H34N4O2/c26-9-8-25(18-28(19-25)24(30)27-12-14-31-15-13-27)29-10-6-20(7-11-29)16-22-17-23(22)21-4-2-1-3-5-21/h1-5,20,22-23H,6-8,10-19H2/t22-,23?/m1/s1. The Morgan fingerprint density at radius 1 is 1.06 bits per heavy atom. The highest BCUT2D eigenvalue weighted by molar-refractivity contribution is 5.76. The van der Waals surface area contributed by atoms with Crippen molar-refractivity contribution in [2.24, 2.45) is 11.8 Å². The summed E-state index contributed by atoms with van der Waals surface area (Å²) < 4.78 is 5.37. The van der Waals surface area contributed by atoms with Gasteiger partial charge in [-0.2, -0.15) is 5.26 Å². The fourth-order valence-electron chi connectivity index (χ4n) is 6.01. The molecule has 1 unspecified atom stereocenters. The first-order chi connectivity index (χ1) is 15.2. The smallest absolute Gasteiger partial charge is 0.320 e. The number of hydrogen-bond acceptors (Lipinski definition) is 4. The molecule has 3 aliphatic heterocycles. The third-order valence-corrected chi connectivity index (χ3v) is 8.00. The average Bonchev–Trinajstić information content (AvgIpc) is 3.56. The van der Waals surface area contributed by atoms with Crippen molar-refractivity contribution in [3.8, 4) is 6.07 Å². The van der Waals surface area contributed by atoms with E-state index in [2.05, 4.69) is 41.3 Å². The number of urea groups is 1. The molecule has 4 fully saturated rings. The predicted octanol–water partition coefficient (Wildman–Crippen LogP) is 3.31. The summed E-state index contributed by atoms with van der Waals surface area (Å²) in [7, 11) is 0. The number of nitriles is 1. The van der Waals surface area contributed by atoms with Crippen molar-refractivity contribution < 1.29 is 9.53 Å². The quantitative estimate of drug-likeness (QED) is 0.730. The van der Waals surface area contributed by atoms with Crippen LogP contribution in [-0.4, -0.2) is 78.8 Å². The van der Waals surface area contributed by atoms with Gasteiger partial charge >= 0.3 is 6.03 Å². The molecule has 0 bridgehead atoms. The zero-order valence-electron chi connectivity index (χ0n) is 18.4. The van der Waals surface area contributed by atoms with E-state index < -0.39 is 0 Å². The Balaban J connectivity index is 1.11. The second-order valence-corrected chi connectivity index (χ2v) is 9.98. The molecule has 5 rings (SSSR count). The van der Waals surface area contributed by atoms with Crippen molar-refractivity contribution in [1.29, 1.82) is 5.26 Å². The van der Waals surface area contributed by atoms with Gasteiger partial charge in [-0.1, -0.05) is 30.3 Å². The Kier molecular flexibility index (Phi) is 5.90. The minimum absolute atomic E-state index is 0.118.